The molecule has 250 valence electrons. The zero-order valence-corrected chi connectivity index (χ0v) is 28.6. The molecule has 6 aromatic carbocycles. The molecule has 0 radical (unpaired) electrons. The van der Waals surface area contributed by atoms with E-state index in [9.17, 15) is 0 Å². The monoisotopic (exact) mass is 673 g/mol. The van der Waals surface area contributed by atoms with Gasteiger partial charge in [-0.25, -0.2) is 4.98 Å². The molecule has 1 aliphatic heterocycles. The van der Waals surface area contributed by atoms with E-state index in [1.54, 1.807) is 0 Å². The van der Waals surface area contributed by atoms with E-state index in [1.807, 2.05) is 0 Å². The van der Waals surface area contributed by atoms with E-state index in [1.165, 1.54) is 27.8 Å². The van der Waals surface area contributed by atoms with E-state index < -0.39 is 0 Å². The van der Waals surface area contributed by atoms with Gasteiger partial charge in [-0.15, -0.1) is 0 Å². The number of benzene rings is 6. The molecule has 9 aromatic rings. The number of hydrogen-bond acceptors (Lipinski definition) is 3. The molecule has 3 aromatic heterocycles. The number of furan rings is 1. The van der Waals surface area contributed by atoms with Crippen LogP contribution in [-0.2, 0) is 0 Å². The minimum absolute atomic E-state index is 0.161. The van der Waals surface area contributed by atoms with Crippen LogP contribution in [-0.4, -0.2) is 25.4 Å². The lowest BCUT2D eigenvalue weighted by Gasteiger charge is -2.27. The van der Waals surface area contributed by atoms with Crippen LogP contribution in [0.2, 0.25) is 0 Å². The van der Waals surface area contributed by atoms with Crippen LogP contribution < -0.4 is 4.90 Å². The van der Waals surface area contributed by atoms with Crippen molar-refractivity contribution >= 4 is 55.6 Å². The van der Waals surface area contributed by atoms with Gasteiger partial charge in [-0.3, -0.25) is 9.78 Å². The molecule has 1 N–H and O–H groups in total. The van der Waals surface area contributed by atoms with Crippen LogP contribution >= 0.6 is 0 Å². The summed E-state index contributed by atoms with van der Waals surface area (Å²) in [5, 5.41) is 5.80. The number of hydrogen-bond donors (Lipinski definition) is 1. The van der Waals surface area contributed by atoms with E-state index in [4.69, 9.17) is 9.40 Å². The predicted molar refractivity (Wildman–Crippen MR) is 212 cm³/mol. The second-order valence-corrected chi connectivity index (χ2v) is 14.0. The summed E-state index contributed by atoms with van der Waals surface area (Å²) < 4.78 is 11.0. The summed E-state index contributed by atoms with van der Waals surface area (Å²) in [6.45, 7) is 2.28. The Hall–Kier alpha value is -6.53. The highest BCUT2D eigenvalue weighted by Crippen LogP contribution is 2.46. The minimum atomic E-state index is 0.161. The van der Waals surface area contributed by atoms with Crippen molar-refractivity contribution < 1.29 is 4.42 Å². The van der Waals surface area contributed by atoms with Crippen LogP contribution in [0.5, 0.6) is 0 Å². The average Bonchev–Trinajstić information content (AvgIpc) is 3.84. The Bertz CT molecular complexity index is 2900. The third kappa shape index (κ3) is 4.27. The van der Waals surface area contributed by atoms with Gasteiger partial charge in [0, 0.05) is 22.4 Å². The van der Waals surface area contributed by atoms with Crippen molar-refractivity contribution in [3.8, 4) is 16.8 Å². The number of fused-ring (bicyclic) bond motifs is 9. The number of allylic oxidation sites excluding steroid dienone is 2. The number of H-pyrrole nitrogens is 1. The number of para-hydroxylation sites is 5. The molecule has 2 aliphatic rings. The highest BCUT2D eigenvalue weighted by Gasteiger charge is 2.40. The van der Waals surface area contributed by atoms with Gasteiger partial charge in [-0.2, -0.15) is 0 Å². The maximum absolute atomic E-state index is 6.43. The molecular formula is C46H35N5O. The summed E-state index contributed by atoms with van der Waals surface area (Å²) in [5.41, 5.74) is 13.6. The van der Waals surface area contributed by atoms with E-state index in [-0.39, 0.29) is 18.0 Å². The van der Waals surface area contributed by atoms with Crippen LogP contribution in [0.3, 0.4) is 0 Å². The molecule has 0 spiro atoms. The number of anilines is 2. The molecule has 11 rings (SSSR count). The number of nitrogens with one attached hydrogen (secondary N) is 1. The molecule has 0 fully saturated rings. The summed E-state index contributed by atoms with van der Waals surface area (Å²) in [5.74, 6) is 1.20. The summed E-state index contributed by atoms with van der Waals surface area (Å²) in [6.07, 6.45) is 9.87. The molecule has 4 heterocycles. The van der Waals surface area contributed by atoms with E-state index in [0.29, 0.717) is 0 Å². The van der Waals surface area contributed by atoms with Crippen LogP contribution in [0.1, 0.15) is 36.4 Å². The molecule has 52 heavy (non-hydrogen) atoms. The van der Waals surface area contributed by atoms with E-state index >= 15 is 0 Å². The Morgan fingerprint density at radius 3 is 2.33 bits per heavy atom. The standard InChI is InChI=1S/C46H35N5O/c1-2-33(34-14-3-6-17-39(34)51-41-19-8-5-16-38(41)48-51)31-23-25-45-36(28-31)35-27-30(22-24-44(35)52-45)29-12-11-13-32(26-29)49-42-20-9-10-21-43(42)50-40-18-7-4-15-37(40)47-46(49)50/h3-28,33,42-43,48H,2H2,1H3/t33-,42?,43?/m0/s1. The zero-order valence-electron chi connectivity index (χ0n) is 28.6. The van der Waals surface area contributed by atoms with Crippen molar-refractivity contribution in [3.05, 3.63) is 169 Å². The molecule has 0 bridgehead atoms. The normalized spacial score (nSPS) is 17.1. The Balaban J connectivity index is 0.988. The van der Waals surface area contributed by atoms with Crippen molar-refractivity contribution in [3.63, 3.8) is 0 Å². The lowest BCUT2D eigenvalue weighted by molar-refractivity contribution is 0.624. The van der Waals surface area contributed by atoms with Gasteiger partial charge in [0.2, 0.25) is 5.95 Å². The Morgan fingerprint density at radius 2 is 1.44 bits per heavy atom. The highest BCUT2D eigenvalue weighted by molar-refractivity contribution is 6.06. The quantitative estimate of drug-likeness (QED) is 0.191. The van der Waals surface area contributed by atoms with Crippen LogP contribution in [0.4, 0.5) is 11.6 Å². The maximum atomic E-state index is 6.43. The Labute approximate surface area is 300 Å². The molecule has 6 nitrogen and oxygen atoms in total. The SMILES string of the molecule is CC[C@@H](c1ccc2oc3ccc(-c4cccc(N5c6nc7ccccc7n6C6C=CC=CC65)c4)cc3c2c1)c1ccccc1-n1[nH]c2ccccc21. The summed E-state index contributed by atoms with van der Waals surface area (Å²) >= 11 is 0. The highest BCUT2D eigenvalue weighted by atomic mass is 16.3. The van der Waals surface area contributed by atoms with E-state index in [0.717, 1.165) is 62.2 Å². The fourth-order valence-electron chi connectivity index (χ4n) is 8.71. The van der Waals surface area contributed by atoms with Gasteiger partial charge in [-0.05, 0) is 95.4 Å². The Kier molecular flexibility index (Phi) is 6.32. The van der Waals surface area contributed by atoms with Gasteiger partial charge in [0.25, 0.3) is 0 Å². The fraction of sp³-hybridized carbons (Fsp3) is 0.109. The van der Waals surface area contributed by atoms with Crippen molar-refractivity contribution in [1.82, 2.24) is 19.3 Å². The van der Waals surface area contributed by atoms with Gasteiger partial charge in [0.15, 0.2) is 0 Å². The molecule has 0 saturated carbocycles. The zero-order chi connectivity index (χ0) is 34.3. The molecule has 1 aliphatic carbocycles. The fourth-order valence-corrected chi connectivity index (χ4v) is 8.71. The molecule has 6 heteroatoms. The number of aromatic nitrogens is 4. The van der Waals surface area contributed by atoms with Crippen molar-refractivity contribution in [2.45, 2.75) is 31.3 Å². The van der Waals surface area contributed by atoms with Crippen molar-refractivity contribution in [2.24, 2.45) is 0 Å². The third-order valence-electron chi connectivity index (χ3n) is 11.2. The maximum Gasteiger partial charge on any atom is 0.212 e. The number of rotatable bonds is 6. The third-order valence-corrected chi connectivity index (χ3v) is 11.2. The van der Waals surface area contributed by atoms with Gasteiger partial charge in [0.05, 0.1) is 39.8 Å². The van der Waals surface area contributed by atoms with Gasteiger partial charge < -0.3 is 13.9 Å². The summed E-state index contributed by atoms with van der Waals surface area (Å²) in [4.78, 5) is 7.52. The predicted octanol–water partition coefficient (Wildman–Crippen LogP) is 11.6. The first-order valence-corrected chi connectivity index (χ1v) is 18.2. The lowest BCUT2D eigenvalue weighted by atomic mass is 9.87. The minimum Gasteiger partial charge on any atom is -0.456 e. The van der Waals surface area contributed by atoms with Crippen LogP contribution in [0.15, 0.2) is 162 Å². The first-order chi connectivity index (χ1) is 25.7. The number of imidazole rings is 1. The molecule has 3 atom stereocenters. The largest absolute Gasteiger partial charge is 0.456 e. The molecule has 2 unspecified atom stereocenters. The summed E-state index contributed by atoms with van der Waals surface area (Å²) in [6, 6.07) is 48.2. The second-order valence-electron chi connectivity index (χ2n) is 14.0. The lowest BCUT2D eigenvalue weighted by Crippen LogP contribution is -2.29. The van der Waals surface area contributed by atoms with Crippen molar-refractivity contribution in [2.75, 3.05) is 4.90 Å². The number of nitrogens with zero attached hydrogens (tertiary/aromatic N) is 4. The van der Waals surface area contributed by atoms with Crippen molar-refractivity contribution in [1.29, 1.82) is 0 Å². The molecular weight excluding hydrogens is 639 g/mol. The topological polar surface area (TPSA) is 54.9 Å². The molecule has 0 amide bonds. The van der Waals surface area contributed by atoms with Crippen LogP contribution in [0, 0.1) is 0 Å². The van der Waals surface area contributed by atoms with Crippen LogP contribution in [0.25, 0.3) is 60.8 Å². The second kappa shape index (κ2) is 11.2. The first kappa shape index (κ1) is 29.2. The first-order valence-electron chi connectivity index (χ1n) is 18.2. The molecule has 0 saturated heterocycles. The van der Waals surface area contributed by atoms with E-state index in [2.05, 4.69) is 184 Å². The Morgan fingerprint density at radius 1 is 0.692 bits per heavy atom. The smallest absolute Gasteiger partial charge is 0.212 e. The number of aromatic amines is 1. The van der Waals surface area contributed by atoms with Gasteiger partial charge in [-0.1, -0.05) is 98.0 Å². The van der Waals surface area contributed by atoms with Gasteiger partial charge in [0.1, 0.15) is 11.2 Å². The average molecular weight is 674 g/mol. The van der Waals surface area contributed by atoms with Gasteiger partial charge >= 0.3 is 0 Å². The summed E-state index contributed by atoms with van der Waals surface area (Å²) in [7, 11) is 0.